The fourth-order valence-corrected chi connectivity index (χ4v) is 1.62. The van der Waals surface area contributed by atoms with Crippen LogP contribution in [0, 0.1) is 5.92 Å². The number of nitrogens with zero attached hydrogens (tertiary/aromatic N) is 1. The number of hydrogen-bond donors (Lipinski definition) is 1. The van der Waals surface area contributed by atoms with Crippen LogP contribution in [0.1, 0.15) is 27.2 Å². The SMILES string of the molecule is CC(C)CCN1C(=O)C(C)NC1=S. The summed E-state index contributed by atoms with van der Waals surface area (Å²) in [4.78, 5) is 13.2. The van der Waals surface area contributed by atoms with Crippen LogP contribution in [0.4, 0.5) is 0 Å². The molecule has 13 heavy (non-hydrogen) atoms. The van der Waals surface area contributed by atoms with Crippen LogP contribution < -0.4 is 5.32 Å². The van der Waals surface area contributed by atoms with Crippen molar-refractivity contribution >= 4 is 23.2 Å². The normalized spacial score (nSPS) is 22.8. The standard InChI is InChI=1S/C9H16N2OS/c1-6(2)4-5-11-8(12)7(3)10-9(11)13/h6-7H,4-5H2,1-3H3,(H,10,13). The summed E-state index contributed by atoms with van der Waals surface area (Å²) >= 11 is 5.04. The van der Waals surface area contributed by atoms with Crippen molar-refractivity contribution in [1.29, 1.82) is 0 Å². The van der Waals surface area contributed by atoms with E-state index in [1.165, 1.54) is 0 Å². The number of nitrogens with one attached hydrogen (secondary N) is 1. The third-order valence-corrected chi connectivity index (χ3v) is 2.49. The second kappa shape index (κ2) is 4.05. The maximum absolute atomic E-state index is 11.5. The van der Waals surface area contributed by atoms with Crippen LogP contribution in [-0.4, -0.2) is 28.5 Å². The predicted molar refractivity (Wildman–Crippen MR) is 56.4 cm³/mol. The molecule has 74 valence electrons. The number of thiocarbonyl (C=S) groups is 1. The van der Waals surface area contributed by atoms with Crippen LogP contribution in [-0.2, 0) is 4.79 Å². The second-order valence-electron chi connectivity index (χ2n) is 3.84. The first-order chi connectivity index (χ1) is 6.02. The average Bonchev–Trinajstić information content (AvgIpc) is 2.24. The molecule has 1 aliphatic heterocycles. The molecule has 0 aromatic rings. The highest BCUT2D eigenvalue weighted by Crippen LogP contribution is 2.09. The molecular formula is C9H16N2OS. The molecule has 0 bridgehead atoms. The van der Waals surface area contributed by atoms with E-state index in [9.17, 15) is 4.79 Å². The Morgan fingerprint density at radius 2 is 2.23 bits per heavy atom. The van der Waals surface area contributed by atoms with Gasteiger partial charge < -0.3 is 5.32 Å². The van der Waals surface area contributed by atoms with E-state index in [-0.39, 0.29) is 11.9 Å². The summed E-state index contributed by atoms with van der Waals surface area (Å²) < 4.78 is 0. The van der Waals surface area contributed by atoms with E-state index in [1.807, 2.05) is 6.92 Å². The average molecular weight is 200 g/mol. The smallest absolute Gasteiger partial charge is 0.250 e. The monoisotopic (exact) mass is 200 g/mol. The molecule has 1 atom stereocenters. The van der Waals surface area contributed by atoms with Crippen molar-refractivity contribution in [2.45, 2.75) is 33.2 Å². The molecular weight excluding hydrogens is 184 g/mol. The first-order valence-electron chi connectivity index (χ1n) is 4.64. The predicted octanol–water partition coefficient (Wildman–Crippen LogP) is 1.14. The minimum atomic E-state index is -0.139. The zero-order valence-electron chi connectivity index (χ0n) is 8.33. The quantitative estimate of drug-likeness (QED) is 0.693. The lowest BCUT2D eigenvalue weighted by Gasteiger charge is -2.15. The van der Waals surface area contributed by atoms with Gasteiger partial charge in [-0.3, -0.25) is 9.69 Å². The van der Waals surface area contributed by atoms with E-state index >= 15 is 0 Å². The molecule has 0 saturated carbocycles. The maximum Gasteiger partial charge on any atom is 0.250 e. The van der Waals surface area contributed by atoms with E-state index < -0.39 is 0 Å². The Hall–Kier alpha value is -0.640. The molecule has 0 aromatic heterocycles. The van der Waals surface area contributed by atoms with Crippen LogP contribution in [0.2, 0.25) is 0 Å². The number of carbonyl (C=O) groups excluding carboxylic acids is 1. The van der Waals surface area contributed by atoms with Crippen LogP contribution >= 0.6 is 12.2 Å². The molecule has 1 fully saturated rings. The molecule has 4 heteroatoms. The molecule has 1 unspecified atom stereocenters. The van der Waals surface area contributed by atoms with Crippen LogP contribution in [0.15, 0.2) is 0 Å². The highest BCUT2D eigenvalue weighted by atomic mass is 32.1. The Labute approximate surface area is 84.5 Å². The lowest BCUT2D eigenvalue weighted by molar-refractivity contribution is -0.126. The lowest BCUT2D eigenvalue weighted by atomic mass is 10.1. The Balaban J connectivity index is 2.49. The summed E-state index contributed by atoms with van der Waals surface area (Å²) in [6.07, 6.45) is 1.00. The van der Waals surface area contributed by atoms with Crippen molar-refractivity contribution in [3.8, 4) is 0 Å². The number of carbonyl (C=O) groups is 1. The first-order valence-corrected chi connectivity index (χ1v) is 5.05. The van der Waals surface area contributed by atoms with Gasteiger partial charge >= 0.3 is 0 Å². The van der Waals surface area contributed by atoms with Crippen molar-refractivity contribution in [2.75, 3.05) is 6.54 Å². The van der Waals surface area contributed by atoms with Gasteiger partial charge in [0.25, 0.3) is 5.91 Å². The van der Waals surface area contributed by atoms with E-state index in [4.69, 9.17) is 12.2 Å². The molecule has 3 nitrogen and oxygen atoms in total. The molecule has 0 aromatic carbocycles. The van der Waals surface area contributed by atoms with Gasteiger partial charge in [-0.05, 0) is 31.5 Å². The molecule has 1 saturated heterocycles. The van der Waals surface area contributed by atoms with Gasteiger partial charge in [0, 0.05) is 6.54 Å². The number of rotatable bonds is 3. The van der Waals surface area contributed by atoms with Gasteiger partial charge in [0.1, 0.15) is 6.04 Å². The maximum atomic E-state index is 11.5. The third kappa shape index (κ3) is 2.40. The minimum Gasteiger partial charge on any atom is -0.351 e. The van der Waals surface area contributed by atoms with Gasteiger partial charge in [-0.1, -0.05) is 13.8 Å². The Kier molecular flexibility index (Phi) is 3.25. The van der Waals surface area contributed by atoms with Gasteiger partial charge in [0.15, 0.2) is 5.11 Å². The highest BCUT2D eigenvalue weighted by molar-refractivity contribution is 7.80. The molecule has 1 N–H and O–H groups in total. The van der Waals surface area contributed by atoms with Crippen molar-refractivity contribution in [3.63, 3.8) is 0 Å². The molecule has 0 spiro atoms. The molecule has 0 radical (unpaired) electrons. The summed E-state index contributed by atoms with van der Waals surface area (Å²) in [5.74, 6) is 0.706. The Bertz CT molecular complexity index is 228. The van der Waals surface area contributed by atoms with Gasteiger partial charge in [0.2, 0.25) is 0 Å². The fourth-order valence-electron chi connectivity index (χ4n) is 1.26. The van der Waals surface area contributed by atoms with Gasteiger partial charge in [-0.15, -0.1) is 0 Å². The Morgan fingerprint density at radius 1 is 1.62 bits per heavy atom. The van der Waals surface area contributed by atoms with Crippen LogP contribution in [0.5, 0.6) is 0 Å². The third-order valence-electron chi connectivity index (χ3n) is 2.15. The number of amides is 1. The number of hydrogen-bond acceptors (Lipinski definition) is 2. The van der Waals surface area contributed by atoms with Gasteiger partial charge in [0.05, 0.1) is 0 Å². The largest absolute Gasteiger partial charge is 0.351 e. The van der Waals surface area contributed by atoms with E-state index in [2.05, 4.69) is 19.2 Å². The zero-order valence-corrected chi connectivity index (χ0v) is 9.15. The lowest BCUT2D eigenvalue weighted by Crippen LogP contribution is -2.32. The van der Waals surface area contributed by atoms with E-state index in [1.54, 1.807) is 4.90 Å². The first kappa shape index (κ1) is 10.4. The highest BCUT2D eigenvalue weighted by Gasteiger charge is 2.31. The second-order valence-corrected chi connectivity index (χ2v) is 4.23. The summed E-state index contributed by atoms with van der Waals surface area (Å²) in [6, 6.07) is -0.139. The minimum absolute atomic E-state index is 0.102. The molecule has 1 heterocycles. The summed E-state index contributed by atoms with van der Waals surface area (Å²) in [6.45, 7) is 6.86. The summed E-state index contributed by atoms with van der Waals surface area (Å²) in [5.41, 5.74) is 0. The molecule has 1 amide bonds. The molecule has 1 aliphatic rings. The van der Waals surface area contributed by atoms with Crippen molar-refractivity contribution in [2.24, 2.45) is 5.92 Å². The van der Waals surface area contributed by atoms with Gasteiger partial charge in [-0.2, -0.15) is 0 Å². The van der Waals surface area contributed by atoms with E-state index in [0.717, 1.165) is 13.0 Å². The van der Waals surface area contributed by atoms with Gasteiger partial charge in [-0.25, -0.2) is 0 Å². The topological polar surface area (TPSA) is 32.3 Å². The summed E-state index contributed by atoms with van der Waals surface area (Å²) in [5, 5.41) is 3.53. The van der Waals surface area contributed by atoms with Crippen molar-refractivity contribution in [3.05, 3.63) is 0 Å². The Morgan fingerprint density at radius 3 is 2.62 bits per heavy atom. The van der Waals surface area contributed by atoms with E-state index in [0.29, 0.717) is 11.0 Å². The molecule has 0 aliphatic carbocycles. The van der Waals surface area contributed by atoms with Crippen LogP contribution in [0.3, 0.4) is 0 Å². The van der Waals surface area contributed by atoms with Crippen molar-refractivity contribution < 1.29 is 4.79 Å². The van der Waals surface area contributed by atoms with Crippen LogP contribution in [0.25, 0.3) is 0 Å². The van der Waals surface area contributed by atoms with Crippen molar-refractivity contribution in [1.82, 2.24) is 10.2 Å². The molecule has 1 rings (SSSR count). The summed E-state index contributed by atoms with van der Waals surface area (Å²) in [7, 11) is 0. The fraction of sp³-hybridized carbons (Fsp3) is 0.778. The zero-order chi connectivity index (χ0) is 10.0.